The second-order valence-corrected chi connectivity index (χ2v) is 6.34. The number of carbonyl (C=O) groups is 2. The van der Waals surface area contributed by atoms with E-state index in [1.54, 1.807) is 6.07 Å². The third kappa shape index (κ3) is 4.05. The number of hydrogen-bond donors (Lipinski definition) is 2. The molecule has 0 spiro atoms. The van der Waals surface area contributed by atoms with Crippen molar-refractivity contribution in [3.05, 3.63) is 70.5 Å². The Morgan fingerprint density at radius 3 is 2.40 bits per heavy atom. The smallest absolute Gasteiger partial charge is 0.312 e. The minimum Gasteiger partial charge on any atom is -0.481 e. The van der Waals surface area contributed by atoms with Crippen LogP contribution in [0.25, 0.3) is 0 Å². The molecule has 1 unspecified atom stereocenters. The standard InChI is InChI=1S/C20H20FNO3/c21-17-9-7-14(8-10-17)18(20(24)25)12-22-19(23)16-6-5-13-3-1-2-4-15(13)11-16/h5-11,18H,1-4,12H2,(H,22,23)(H,24,25). The zero-order valence-electron chi connectivity index (χ0n) is 13.8. The number of aryl methyl sites for hydroxylation is 2. The Kier molecular flexibility index (Phi) is 5.12. The number of rotatable bonds is 5. The first-order valence-electron chi connectivity index (χ1n) is 8.43. The number of carboxylic acid groups (broad SMARTS) is 1. The molecule has 2 aromatic carbocycles. The van der Waals surface area contributed by atoms with E-state index in [0.717, 1.165) is 19.3 Å². The number of halogens is 1. The van der Waals surface area contributed by atoms with E-state index in [4.69, 9.17) is 0 Å². The summed E-state index contributed by atoms with van der Waals surface area (Å²) < 4.78 is 13.0. The van der Waals surface area contributed by atoms with Crippen LogP contribution in [-0.2, 0) is 17.6 Å². The normalized spacial score (nSPS) is 14.4. The molecule has 0 aromatic heterocycles. The van der Waals surface area contributed by atoms with Gasteiger partial charge in [0.15, 0.2) is 0 Å². The lowest BCUT2D eigenvalue weighted by atomic mass is 9.90. The molecule has 2 aromatic rings. The predicted octanol–water partition coefficient (Wildman–Crippen LogP) is 3.30. The lowest BCUT2D eigenvalue weighted by Crippen LogP contribution is -2.31. The van der Waals surface area contributed by atoms with Gasteiger partial charge in [0.25, 0.3) is 5.91 Å². The number of amides is 1. The topological polar surface area (TPSA) is 66.4 Å². The highest BCUT2D eigenvalue weighted by Crippen LogP contribution is 2.22. The first-order valence-corrected chi connectivity index (χ1v) is 8.43. The fourth-order valence-corrected chi connectivity index (χ4v) is 3.21. The molecule has 3 rings (SSSR count). The second-order valence-electron chi connectivity index (χ2n) is 6.34. The van der Waals surface area contributed by atoms with Gasteiger partial charge in [0.05, 0.1) is 5.92 Å². The van der Waals surface area contributed by atoms with Gasteiger partial charge in [0.1, 0.15) is 5.82 Å². The lowest BCUT2D eigenvalue weighted by molar-refractivity contribution is -0.138. The molecule has 5 heteroatoms. The number of benzene rings is 2. The first-order chi connectivity index (χ1) is 12.0. The van der Waals surface area contributed by atoms with E-state index in [-0.39, 0.29) is 12.5 Å². The average molecular weight is 341 g/mol. The molecule has 1 aliphatic rings. The molecule has 1 aliphatic carbocycles. The van der Waals surface area contributed by atoms with Gasteiger partial charge >= 0.3 is 5.97 Å². The van der Waals surface area contributed by atoms with Crippen molar-refractivity contribution in [2.45, 2.75) is 31.6 Å². The van der Waals surface area contributed by atoms with E-state index in [0.29, 0.717) is 11.1 Å². The van der Waals surface area contributed by atoms with Crippen molar-refractivity contribution in [1.29, 1.82) is 0 Å². The molecule has 0 radical (unpaired) electrons. The Hall–Kier alpha value is -2.69. The van der Waals surface area contributed by atoms with Crippen LogP contribution in [0.1, 0.15) is 45.8 Å². The van der Waals surface area contributed by atoms with Crippen molar-refractivity contribution < 1.29 is 19.1 Å². The zero-order chi connectivity index (χ0) is 17.8. The third-order valence-electron chi connectivity index (χ3n) is 4.65. The number of carbonyl (C=O) groups excluding carboxylic acids is 1. The molecular weight excluding hydrogens is 321 g/mol. The van der Waals surface area contributed by atoms with Gasteiger partial charge < -0.3 is 10.4 Å². The van der Waals surface area contributed by atoms with Crippen molar-refractivity contribution in [1.82, 2.24) is 5.32 Å². The van der Waals surface area contributed by atoms with Gasteiger partial charge in [-0.3, -0.25) is 9.59 Å². The van der Waals surface area contributed by atoms with E-state index < -0.39 is 17.7 Å². The lowest BCUT2D eigenvalue weighted by Gasteiger charge is -2.17. The van der Waals surface area contributed by atoms with Crippen molar-refractivity contribution in [3.63, 3.8) is 0 Å². The highest BCUT2D eigenvalue weighted by Gasteiger charge is 2.21. The summed E-state index contributed by atoms with van der Waals surface area (Å²) in [5.41, 5.74) is 3.49. The second kappa shape index (κ2) is 7.47. The zero-order valence-corrected chi connectivity index (χ0v) is 13.8. The summed E-state index contributed by atoms with van der Waals surface area (Å²) in [6, 6.07) is 11.0. The summed E-state index contributed by atoms with van der Waals surface area (Å²) in [4.78, 5) is 23.9. The van der Waals surface area contributed by atoms with Gasteiger partial charge in [-0.1, -0.05) is 18.2 Å². The molecule has 0 saturated carbocycles. The van der Waals surface area contributed by atoms with Crippen LogP contribution in [0.15, 0.2) is 42.5 Å². The van der Waals surface area contributed by atoms with Crippen LogP contribution < -0.4 is 5.32 Å². The number of aliphatic carboxylic acids is 1. The summed E-state index contributed by atoms with van der Waals surface area (Å²) in [5.74, 6) is -2.69. The molecule has 4 nitrogen and oxygen atoms in total. The molecule has 2 N–H and O–H groups in total. The molecule has 0 bridgehead atoms. The summed E-state index contributed by atoms with van der Waals surface area (Å²) in [6.07, 6.45) is 4.33. The molecule has 1 amide bonds. The van der Waals surface area contributed by atoms with Gasteiger partial charge in [-0.25, -0.2) is 4.39 Å². The fourth-order valence-electron chi connectivity index (χ4n) is 3.21. The Morgan fingerprint density at radius 2 is 1.72 bits per heavy atom. The van der Waals surface area contributed by atoms with Crippen molar-refractivity contribution in [2.75, 3.05) is 6.54 Å². The van der Waals surface area contributed by atoms with E-state index >= 15 is 0 Å². The van der Waals surface area contributed by atoms with Gasteiger partial charge in [-0.05, 0) is 66.6 Å². The van der Waals surface area contributed by atoms with Crippen LogP contribution in [0.4, 0.5) is 4.39 Å². The molecular formula is C20H20FNO3. The van der Waals surface area contributed by atoms with E-state index in [2.05, 4.69) is 5.32 Å². The fraction of sp³-hybridized carbons (Fsp3) is 0.300. The van der Waals surface area contributed by atoms with Gasteiger partial charge in [0.2, 0.25) is 0 Å². The van der Waals surface area contributed by atoms with Crippen molar-refractivity contribution in [2.24, 2.45) is 0 Å². The maximum atomic E-state index is 13.0. The number of hydrogen-bond acceptors (Lipinski definition) is 2. The summed E-state index contributed by atoms with van der Waals surface area (Å²) in [6.45, 7) is -0.0448. The maximum Gasteiger partial charge on any atom is 0.312 e. The highest BCUT2D eigenvalue weighted by molar-refractivity contribution is 5.95. The van der Waals surface area contributed by atoms with Crippen LogP contribution in [0.5, 0.6) is 0 Å². The number of fused-ring (bicyclic) bond motifs is 1. The van der Waals surface area contributed by atoms with Gasteiger partial charge in [-0.2, -0.15) is 0 Å². The van der Waals surface area contributed by atoms with Gasteiger partial charge in [0, 0.05) is 12.1 Å². The predicted molar refractivity (Wildman–Crippen MR) is 92.2 cm³/mol. The molecule has 25 heavy (non-hydrogen) atoms. The Balaban J connectivity index is 1.69. The molecule has 130 valence electrons. The maximum absolute atomic E-state index is 13.0. The summed E-state index contributed by atoms with van der Waals surface area (Å²) in [5, 5.41) is 12.1. The monoisotopic (exact) mass is 341 g/mol. The quantitative estimate of drug-likeness (QED) is 0.877. The Morgan fingerprint density at radius 1 is 1.04 bits per heavy atom. The Bertz CT molecular complexity index is 786. The van der Waals surface area contributed by atoms with E-state index in [1.165, 1.54) is 41.8 Å². The minimum absolute atomic E-state index is 0.0448. The molecule has 0 aliphatic heterocycles. The van der Waals surface area contributed by atoms with E-state index in [9.17, 15) is 19.1 Å². The Labute approximate surface area is 145 Å². The largest absolute Gasteiger partial charge is 0.481 e. The SMILES string of the molecule is O=C(NCC(C(=O)O)c1ccc(F)cc1)c1ccc2c(c1)CCCC2. The summed E-state index contributed by atoms with van der Waals surface area (Å²) >= 11 is 0. The first kappa shape index (κ1) is 17.1. The van der Waals surface area contributed by atoms with Crippen LogP contribution in [0.3, 0.4) is 0 Å². The average Bonchev–Trinajstić information content (AvgIpc) is 2.62. The summed E-state index contributed by atoms with van der Waals surface area (Å²) in [7, 11) is 0. The van der Waals surface area contributed by atoms with Crippen LogP contribution in [0.2, 0.25) is 0 Å². The number of carboxylic acids is 1. The number of nitrogens with one attached hydrogen (secondary N) is 1. The van der Waals surface area contributed by atoms with E-state index in [1.807, 2.05) is 12.1 Å². The van der Waals surface area contributed by atoms with Crippen LogP contribution in [-0.4, -0.2) is 23.5 Å². The van der Waals surface area contributed by atoms with Gasteiger partial charge in [-0.15, -0.1) is 0 Å². The molecule has 0 fully saturated rings. The molecule has 0 heterocycles. The highest BCUT2D eigenvalue weighted by atomic mass is 19.1. The minimum atomic E-state index is -1.06. The van der Waals surface area contributed by atoms with Crippen molar-refractivity contribution >= 4 is 11.9 Å². The molecule has 1 atom stereocenters. The van der Waals surface area contributed by atoms with Crippen LogP contribution in [0, 0.1) is 5.82 Å². The third-order valence-corrected chi connectivity index (χ3v) is 4.65. The van der Waals surface area contributed by atoms with Crippen molar-refractivity contribution in [3.8, 4) is 0 Å². The van der Waals surface area contributed by atoms with Crippen LogP contribution >= 0.6 is 0 Å². The molecule has 0 saturated heterocycles.